The van der Waals surface area contributed by atoms with Crippen molar-refractivity contribution in [2.45, 2.75) is 6.18 Å². The highest BCUT2D eigenvalue weighted by Crippen LogP contribution is 2.30. The van der Waals surface area contributed by atoms with Crippen molar-refractivity contribution in [2.75, 3.05) is 5.32 Å². The summed E-state index contributed by atoms with van der Waals surface area (Å²) in [5.41, 5.74) is 3.76. The van der Waals surface area contributed by atoms with Gasteiger partial charge in [0.15, 0.2) is 5.82 Å². The van der Waals surface area contributed by atoms with Crippen molar-refractivity contribution in [3.05, 3.63) is 11.8 Å². The molecule has 1 aromatic rings. The van der Waals surface area contributed by atoms with Crippen LogP contribution < -0.4 is 11.1 Å². The number of carbonyl (C=O) groups is 1. The molecule has 0 aliphatic heterocycles. The first-order valence-corrected chi connectivity index (χ1v) is 3.48. The van der Waals surface area contributed by atoms with Gasteiger partial charge in [-0.2, -0.15) is 18.3 Å². The van der Waals surface area contributed by atoms with Crippen LogP contribution in [0.3, 0.4) is 0 Å². The summed E-state index contributed by atoms with van der Waals surface area (Å²) in [5.74, 6) is -0.229. The summed E-state index contributed by atoms with van der Waals surface area (Å²) >= 11 is 0. The van der Waals surface area contributed by atoms with E-state index in [1.165, 1.54) is 0 Å². The summed E-state index contributed by atoms with van der Waals surface area (Å²) < 4.78 is 37.2. The Morgan fingerprint density at radius 1 is 1.64 bits per heavy atom. The molecular formula is C6H7F3N4O. The molecule has 0 aliphatic rings. The van der Waals surface area contributed by atoms with Crippen LogP contribution in [0.4, 0.5) is 23.8 Å². The first-order valence-electron chi connectivity index (χ1n) is 3.48. The molecule has 5 nitrogen and oxygen atoms in total. The van der Waals surface area contributed by atoms with E-state index in [1.807, 2.05) is 5.32 Å². The Morgan fingerprint density at radius 3 is 2.57 bits per heavy atom. The number of urea groups is 1. The molecule has 0 unspecified atom stereocenters. The number of halogens is 3. The summed E-state index contributed by atoms with van der Waals surface area (Å²) in [6.07, 6.45) is -4.50. The Hall–Kier alpha value is -1.73. The van der Waals surface area contributed by atoms with E-state index in [0.29, 0.717) is 10.7 Å². The predicted molar refractivity (Wildman–Crippen MR) is 41.4 cm³/mol. The Labute approximate surface area is 76.7 Å². The van der Waals surface area contributed by atoms with Crippen LogP contribution in [0.2, 0.25) is 0 Å². The van der Waals surface area contributed by atoms with Gasteiger partial charge in [-0.3, -0.25) is 10.00 Å². The third-order valence-electron chi connectivity index (χ3n) is 1.42. The zero-order chi connectivity index (χ0) is 10.9. The molecule has 14 heavy (non-hydrogen) atoms. The molecule has 0 saturated heterocycles. The van der Waals surface area contributed by atoms with E-state index in [2.05, 4.69) is 5.10 Å². The molecule has 0 aromatic carbocycles. The number of amides is 2. The van der Waals surface area contributed by atoms with E-state index in [1.54, 1.807) is 0 Å². The molecule has 78 valence electrons. The lowest BCUT2D eigenvalue weighted by atomic mass is 10.4. The maximum absolute atomic E-state index is 12.2. The van der Waals surface area contributed by atoms with E-state index in [0.717, 1.165) is 7.05 Å². The molecule has 0 spiro atoms. The van der Waals surface area contributed by atoms with Gasteiger partial charge >= 0.3 is 12.2 Å². The number of carbonyl (C=O) groups excluding carboxylic acids is 1. The highest BCUT2D eigenvalue weighted by atomic mass is 19.4. The fraction of sp³-hybridized carbons (Fsp3) is 0.333. The lowest BCUT2D eigenvalue weighted by molar-refractivity contribution is -0.143. The maximum atomic E-state index is 12.2. The van der Waals surface area contributed by atoms with Crippen molar-refractivity contribution in [3.8, 4) is 0 Å². The minimum atomic E-state index is -4.50. The van der Waals surface area contributed by atoms with Gasteiger partial charge in [-0.1, -0.05) is 0 Å². The van der Waals surface area contributed by atoms with Crippen LogP contribution in [-0.4, -0.2) is 15.8 Å². The lowest BCUT2D eigenvalue weighted by Gasteiger charge is -2.04. The smallest absolute Gasteiger partial charge is 0.351 e. The number of nitrogens with two attached hydrogens (primary N) is 1. The number of anilines is 1. The average molecular weight is 208 g/mol. The number of alkyl halides is 3. The highest BCUT2D eigenvalue weighted by Gasteiger charge is 2.35. The van der Waals surface area contributed by atoms with Crippen LogP contribution in [0.15, 0.2) is 6.07 Å². The topological polar surface area (TPSA) is 72.9 Å². The number of rotatable bonds is 1. The monoisotopic (exact) mass is 208 g/mol. The van der Waals surface area contributed by atoms with Gasteiger partial charge < -0.3 is 5.73 Å². The molecular weight excluding hydrogens is 201 g/mol. The molecule has 0 saturated carbocycles. The van der Waals surface area contributed by atoms with Gasteiger partial charge in [0.2, 0.25) is 0 Å². The number of hydrogen-bond donors (Lipinski definition) is 2. The summed E-state index contributed by atoms with van der Waals surface area (Å²) in [4.78, 5) is 10.3. The largest absolute Gasteiger partial charge is 0.433 e. The molecule has 0 radical (unpaired) electrons. The zero-order valence-electron chi connectivity index (χ0n) is 7.09. The van der Waals surface area contributed by atoms with Gasteiger partial charge in [-0.15, -0.1) is 0 Å². The van der Waals surface area contributed by atoms with Gasteiger partial charge in [0.1, 0.15) is 5.69 Å². The normalized spacial score (nSPS) is 11.4. The quantitative estimate of drug-likeness (QED) is 0.720. The summed E-state index contributed by atoms with van der Waals surface area (Å²) in [6.45, 7) is 0. The first kappa shape index (κ1) is 10.4. The second kappa shape index (κ2) is 3.20. The van der Waals surface area contributed by atoms with E-state index in [4.69, 9.17) is 5.73 Å². The molecule has 1 aromatic heterocycles. The Morgan fingerprint density at radius 2 is 2.21 bits per heavy atom. The number of aryl methyl sites for hydroxylation is 1. The van der Waals surface area contributed by atoms with Gasteiger partial charge in [0.05, 0.1) is 0 Å². The molecule has 2 amide bonds. The van der Waals surface area contributed by atoms with Crippen molar-refractivity contribution in [1.29, 1.82) is 0 Å². The number of aromatic nitrogens is 2. The van der Waals surface area contributed by atoms with E-state index in [-0.39, 0.29) is 5.82 Å². The SMILES string of the molecule is Cn1nc(NC(N)=O)cc1C(F)(F)F. The van der Waals surface area contributed by atoms with Gasteiger partial charge in [-0.05, 0) is 0 Å². The van der Waals surface area contributed by atoms with Crippen LogP contribution in [0.25, 0.3) is 0 Å². The van der Waals surface area contributed by atoms with E-state index >= 15 is 0 Å². The molecule has 1 rings (SSSR count). The number of nitrogens with zero attached hydrogens (tertiary/aromatic N) is 2. The van der Waals surface area contributed by atoms with E-state index < -0.39 is 17.9 Å². The minimum absolute atomic E-state index is 0.229. The predicted octanol–water partition coefficient (Wildman–Crippen LogP) is 0.930. The first-order chi connectivity index (χ1) is 6.30. The lowest BCUT2D eigenvalue weighted by Crippen LogP contribution is -2.19. The van der Waals surface area contributed by atoms with Gasteiger partial charge in [0, 0.05) is 13.1 Å². The van der Waals surface area contributed by atoms with Crippen molar-refractivity contribution >= 4 is 11.8 Å². The molecule has 0 aliphatic carbocycles. The zero-order valence-corrected chi connectivity index (χ0v) is 7.09. The summed E-state index contributed by atoms with van der Waals surface area (Å²) in [7, 11) is 1.12. The van der Waals surface area contributed by atoms with Crippen LogP contribution in [0.5, 0.6) is 0 Å². The summed E-state index contributed by atoms with van der Waals surface area (Å²) in [6, 6.07) is -0.262. The summed E-state index contributed by atoms with van der Waals surface area (Å²) in [5, 5.41) is 5.35. The second-order valence-corrected chi connectivity index (χ2v) is 2.53. The van der Waals surface area contributed by atoms with Crippen molar-refractivity contribution in [1.82, 2.24) is 9.78 Å². The second-order valence-electron chi connectivity index (χ2n) is 2.53. The standard InChI is InChI=1S/C6H7F3N4O/c1-13-3(6(7,8)9)2-4(12-13)11-5(10)14/h2H,1H3,(H3,10,11,12,14). The number of nitrogens with one attached hydrogen (secondary N) is 1. The average Bonchev–Trinajstić information content (AvgIpc) is 2.27. The Bertz CT molecular complexity index is 356. The molecule has 0 bridgehead atoms. The fourth-order valence-electron chi connectivity index (χ4n) is 0.920. The van der Waals surface area contributed by atoms with Crippen molar-refractivity contribution in [3.63, 3.8) is 0 Å². The Balaban J connectivity index is 2.99. The molecule has 0 atom stereocenters. The molecule has 0 fully saturated rings. The van der Waals surface area contributed by atoms with Gasteiger partial charge in [0.25, 0.3) is 0 Å². The molecule has 8 heteroatoms. The highest BCUT2D eigenvalue weighted by molar-refractivity contribution is 5.86. The van der Waals surface area contributed by atoms with Crippen molar-refractivity contribution in [2.24, 2.45) is 12.8 Å². The number of primary amides is 1. The van der Waals surface area contributed by atoms with E-state index in [9.17, 15) is 18.0 Å². The molecule has 3 N–H and O–H groups in total. The third-order valence-corrected chi connectivity index (χ3v) is 1.42. The third kappa shape index (κ3) is 2.15. The van der Waals surface area contributed by atoms with Gasteiger partial charge in [-0.25, -0.2) is 4.79 Å². The molecule has 1 heterocycles. The van der Waals surface area contributed by atoms with Crippen molar-refractivity contribution < 1.29 is 18.0 Å². The number of hydrogen-bond acceptors (Lipinski definition) is 2. The fourth-order valence-corrected chi connectivity index (χ4v) is 0.920. The van der Waals surface area contributed by atoms with Crippen LogP contribution in [-0.2, 0) is 13.2 Å². The Kier molecular flexibility index (Phi) is 2.37. The van der Waals surface area contributed by atoms with Crippen LogP contribution in [0, 0.1) is 0 Å². The maximum Gasteiger partial charge on any atom is 0.433 e. The minimum Gasteiger partial charge on any atom is -0.351 e. The van der Waals surface area contributed by atoms with Crippen LogP contribution >= 0.6 is 0 Å². The van der Waals surface area contributed by atoms with Crippen LogP contribution in [0.1, 0.15) is 5.69 Å².